The van der Waals surface area contributed by atoms with E-state index >= 15 is 0 Å². The largest absolute Gasteiger partial charge is 0.493 e. The number of hydrogen-bond donors (Lipinski definition) is 2. The van der Waals surface area contributed by atoms with Crippen molar-refractivity contribution in [3.63, 3.8) is 0 Å². The minimum atomic E-state index is -0.931. The molecule has 0 spiro atoms. The van der Waals surface area contributed by atoms with E-state index in [2.05, 4.69) is 15.8 Å². The monoisotopic (exact) mass is 383 g/mol. The van der Waals surface area contributed by atoms with Crippen molar-refractivity contribution < 1.29 is 23.9 Å². The summed E-state index contributed by atoms with van der Waals surface area (Å²) in [5, 5.41) is 6.20. The van der Waals surface area contributed by atoms with Crippen LogP contribution in [0.5, 0.6) is 5.75 Å². The van der Waals surface area contributed by atoms with E-state index in [1.165, 1.54) is 30.5 Å². The summed E-state index contributed by atoms with van der Waals surface area (Å²) in [5.41, 5.74) is 3.53. The molecule has 0 unspecified atom stereocenters. The molecule has 2 N–H and O–H groups in total. The molecule has 0 bridgehead atoms. The molecule has 2 rings (SSSR count). The Kier molecular flexibility index (Phi) is 7.71. The van der Waals surface area contributed by atoms with Gasteiger partial charge in [0.1, 0.15) is 5.75 Å². The Balaban J connectivity index is 1.91. The van der Waals surface area contributed by atoms with E-state index in [1.54, 1.807) is 25.1 Å². The van der Waals surface area contributed by atoms with Crippen LogP contribution in [-0.4, -0.2) is 37.2 Å². The molecule has 0 aliphatic heterocycles. The molecular weight excluding hydrogens is 362 g/mol. The van der Waals surface area contributed by atoms with E-state index in [4.69, 9.17) is 9.47 Å². The predicted molar refractivity (Wildman–Crippen MR) is 104 cm³/mol. The van der Waals surface area contributed by atoms with Crippen molar-refractivity contribution in [1.82, 2.24) is 5.43 Å². The van der Waals surface area contributed by atoms with E-state index in [1.807, 2.05) is 13.0 Å². The van der Waals surface area contributed by atoms with Gasteiger partial charge in [-0.15, -0.1) is 0 Å². The number of para-hydroxylation sites is 1. The van der Waals surface area contributed by atoms with E-state index in [0.29, 0.717) is 29.2 Å². The quantitative estimate of drug-likeness (QED) is 0.330. The maximum atomic E-state index is 11.9. The van der Waals surface area contributed by atoms with E-state index in [9.17, 15) is 14.4 Å². The Morgan fingerprint density at radius 3 is 2.36 bits per heavy atom. The van der Waals surface area contributed by atoms with Gasteiger partial charge in [-0.3, -0.25) is 9.59 Å². The highest BCUT2D eigenvalue weighted by Crippen LogP contribution is 2.15. The van der Waals surface area contributed by atoms with Gasteiger partial charge in [0.2, 0.25) is 0 Å². The number of nitrogens with one attached hydrogen (secondary N) is 2. The zero-order valence-electron chi connectivity index (χ0n) is 15.6. The van der Waals surface area contributed by atoms with Gasteiger partial charge in [-0.25, -0.2) is 10.2 Å². The van der Waals surface area contributed by atoms with Crippen LogP contribution in [0.3, 0.4) is 0 Å². The third-order valence-corrected chi connectivity index (χ3v) is 3.45. The van der Waals surface area contributed by atoms with E-state index < -0.39 is 17.8 Å². The van der Waals surface area contributed by atoms with Crippen LogP contribution in [-0.2, 0) is 14.3 Å². The van der Waals surface area contributed by atoms with Crippen LogP contribution >= 0.6 is 0 Å². The fraction of sp³-hybridized carbons (Fsp3) is 0.200. The molecule has 0 aromatic heterocycles. The number of hydrogen-bond acceptors (Lipinski definition) is 6. The highest BCUT2D eigenvalue weighted by Gasteiger charge is 2.13. The van der Waals surface area contributed by atoms with Crippen molar-refractivity contribution in [2.75, 3.05) is 18.5 Å². The predicted octanol–water partition coefficient (Wildman–Crippen LogP) is 2.35. The topological polar surface area (TPSA) is 106 Å². The first-order valence-electron chi connectivity index (χ1n) is 8.68. The first kappa shape index (κ1) is 20.6. The van der Waals surface area contributed by atoms with Crippen molar-refractivity contribution >= 4 is 29.7 Å². The summed E-state index contributed by atoms with van der Waals surface area (Å²) in [6.45, 7) is 4.34. The number of nitrogens with zero attached hydrogens (tertiary/aromatic N) is 1. The number of hydrazone groups is 1. The summed E-state index contributed by atoms with van der Waals surface area (Å²) in [6, 6.07) is 13.2. The zero-order valence-corrected chi connectivity index (χ0v) is 15.6. The number of ether oxygens (including phenoxy) is 2. The number of carbonyl (C=O) groups is 3. The second-order valence-electron chi connectivity index (χ2n) is 5.42. The normalized spacial score (nSPS) is 10.4. The van der Waals surface area contributed by atoms with E-state index in [0.717, 1.165) is 0 Å². The van der Waals surface area contributed by atoms with Gasteiger partial charge in [0.25, 0.3) is 0 Å². The molecule has 8 nitrogen and oxygen atoms in total. The second-order valence-corrected chi connectivity index (χ2v) is 5.42. The van der Waals surface area contributed by atoms with Crippen molar-refractivity contribution in [1.29, 1.82) is 0 Å². The Bertz CT molecular complexity index is 862. The van der Waals surface area contributed by atoms with Crippen LogP contribution in [0.25, 0.3) is 0 Å². The number of rotatable bonds is 7. The van der Waals surface area contributed by atoms with Gasteiger partial charge >= 0.3 is 17.8 Å². The Morgan fingerprint density at radius 2 is 1.68 bits per heavy atom. The summed E-state index contributed by atoms with van der Waals surface area (Å²) in [6.07, 6.45) is 1.39. The first-order valence-corrected chi connectivity index (χ1v) is 8.68. The van der Waals surface area contributed by atoms with Gasteiger partial charge in [-0.1, -0.05) is 12.1 Å². The Morgan fingerprint density at radius 1 is 0.964 bits per heavy atom. The molecule has 2 aromatic rings. The number of amides is 2. The number of anilines is 1. The minimum Gasteiger partial charge on any atom is -0.493 e. The molecule has 0 saturated heterocycles. The molecule has 0 aliphatic carbocycles. The van der Waals surface area contributed by atoms with Gasteiger partial charge < -0.3 is 14.8 Å². The maximum Gasteiger partial charge on any atom is 0.338 e. The summed E-state index contributed by atoms with van der Waals surface area (Å²) < 4.78 is 10.3. The van der Waals surface area contributed by atoms with Gasteiger partial charge in [-0.2, -0.15) is 5.10 Å². The summed E-state index contributed by atoms with van der Waals surface area (Å²) in [4.78, 5) is 35.4. The molecule has 0 radical (unpaired) electrons. The van der Waals surface area contributed by atoms with Crippen LogP contribution in [0.1, 0.15) is 29.8 Å². The van der Waals surface area contributed by atoms with Crippen LogP contribution in [0, 0.1) is 0 Å². The highest BCUT2D eigenvalue weighted by molar-refractivity contribution is 6.39. The lowest BCUT2D eigenvalue weighted by molar-refractivity contribution is -0.136. The van der Waals surface area contributed by atoms with E-state index in [-0.39, 0.29) is 6.61 Å². The Hall–Kier alpha value is -3.68. The number of benzene rings is 2. The average Bonchev–Trinajstić information content (AvgIpc) is 2.70. The molecule has 0 fully saturated rings. The van der Waals surface area contributed by atoms with Crippen molar-refractivity contribution in [2.24, 2.45) is 5.10 Å². The first-order chi connectivity index (χ1) is 13.5. The third kappa shape index (κ3) is 5.94. The van der Waals surface area contributed by atoms with Crippen molar-refractivity contribution in [3.8, 4) is 5.75 Å². The smallest absolute Gasteiger partial charge is 0.338 e. The average molecular weight is 383 g/mol. The van der Waals surface area contributed by atoms with Crippen LogP contribution in [0.2, 0.25) is 0 Å². The van der Waals surface area contributed by atoms with Gasteiger partial charge in [0.05, 0.1) is 25.0 Å². The molecule has 0 saturated carbocycles. The fourth-order valence-electron chi connectivity index (χ4n) is 2.18. The molecule has 0 heterocycles. The minimum absolute atomic E-state index is 0.271. The van der Waals surface area contributed by atoms with Gasteiger partial charge in [0.15, 0.2) is 0 Å². The van der Waals surface area contributed by atoms with Gasteiger partial charge in [-0.05, 0) is 50.2 Å². The van der Waals surface area contributed by atoms with Crippen LogP contribution < -0.4 is 15.5 Å². The molecule has 2 amide bonds. The third-order valence-electron chi connectivity index (χ3n) is 3.45. The standard InChI is InChI=1S/C20H21N3O5/c1-3-27-17-8-6-5-7-15(17)13-21-23-19(25)18(24)22-16-11-9-14(10-12-16)20(26)28-4-2/h5-13H,3-4H2,1-2H3,(H,22,24)(H,23,25)/b21-13-. The number of esters is 1. The second kappa shape index (κ2) is 10.5. The summed E-state index contributed by atoms with van der Waals surface area (Å²) in [7, 11) is 0. The Labute approximate surface area is 162 Å². The zero-order chi connectivity index (χ0) is 20.4. The van der Waals surface area contributed by atoms with Crippen LogP contribution in [0.15, 0.2) is 53.6 Å². The number of carbonyl (C=O) groups excluding carboxylic acids is 3. The molecule has 8 heteroatoms. The van der Waals surface area contributed by atoms with Crippen molar-refractivity contribution in [2.45, 2.75) is 13.8 Å². The summed E-state index contributed by atoms with van der Waals surface area (Å²) in [5.74, 6) is -1.66. The molecular formula is C20H21N3O5. The SMILES string of the molecule is CCOC(=O)c1ccc(NC(=O)C(=O)N/N=C\c2ccccc2OCC)cc1. The molecule has 0 atom stereocenters. The molecule has 146 valence electrons. The van der Waals surface area contributed by atoms with Crippen molar-refractivity contribution in [3.05, 3.63) is 59.7 Å². The lowest BCUT2D eigenvalue weighted by Crippen LogP contribution is -2.32. The van der Waals surface area contributed by atoms with Crippen LogP contribution in [0.4, 0.5) is 5.69 Å². The fourth-order valence-corrected chi connectivity index (χ4v) is 2.18. The molecule has 28 heavy (non-hydrogen) atoms. The lowest BCUT2D eigenvalue weighted by atomic mass is 10.2. The highest BCUT2D eigenvalue weighted by atomic mass is 16.5. The molecule has 0 aliphatic rings. The maximum absolute atomic E-state index is 11.9. The summed E-state index contributed by atoms with van der Waals surface area (Å²) >= 11 is 0. The molecule has 2 aromatic carbocycles. The van der Waals surface area contributed by atoms with Gasteiger partial charge in [0, 0.05) is 11.3 Å². The lowest BCUT2D eigenvalue weighted by Gasteiger charge is -2.06.